The van der Waals surface area contributed by atoms with Crippen molar-refractivity contribution in [3.63, 3.8) is 0 Å². The molecule has 1 aliphatic heterocycles. The smallest absolute Gasteiger partial charge is 0.342 e. The molecular formula is C17H23N3O2. The Morgan fingerprint density at radius 3 is 2.73 bits per heavy atom. The highest BCUT2D eigenvalue weighted by atomic mass is 16.3. The molecule has 5 heteroatoms. The van der Waals surface area contributed by atoms with Crippen LogP contribution in [-0.2, 0) is 6.61 Å². The molecule has 1 aromatic carbocycles. The Morgan fingerprint density at radius 1 is 1.32 bits per heavy atom. The second-order valence-electron chi connectivity index (χ2n) is 6.26. The fourth-order valence-corrected chi connectivity index (χ4v) is 3.37. The monoisotopic (exact) mass is 301 g/mol. The molecule has 2 aliphatic rings. The number of carbonyl (C=O) groups excluding carboxylic acids is 1. The van der Waals surface area contributed by atoms with Gasteiger partial charge in [-0.1, -0.05) is 19.3 Å². The van der Waals surface area contributed by atoms with Gasteiger partial charge in [0.25, 0.3) is 0 Å². The van der Waals surface area contributed by atoms with Crippen molar-refractivity contribution in [2.45, 2.75) is 45.6 Å². The van der Waals surface area contributed by atoms with E-state index in [4.69, 9.17) is 0 Å². The molecule has 0 spiro atoms. The van der Waals surface area contributed by atoms with Crippen molar-refractivity contribution < 1.29 is 9.90 Å². The van der Waals surface area contributed by atoms with E-state index in [1.807, 2.05) is 19.1 Å². The Morgan fingerprint density at radius 2 is 2.05 bits per heavy atom. The highest BCUT2D eigenvalue weighted by Gasteiger charge is 2.27. The standard InChI is InChI=1S/C17H23N3O2/c1-11-8-15-14(9-13(11)10-21)16(12-6-4-3-5-7-12)19-20(2)17(22)18-15/h8-9,12,21H,3-7,10H2,1-2H3,(H,18,22). The van der Waals surface area contributed by atoms with Crippen LogP contribution in [-0.4, -0.2) is 28.9 Å². The van der Waals surface area contributed by atoms with Crippen molar-refractivity contribution in [3.05, 3.63) is 28.8 Å². The molecule has 118 valence electrons. The zero-order valence-corrected chi connectivity index (χ0v) is 13.2. The van der Waals surface area contributed by atoms with E-state index >= 15 is 0 Å². The summed E-state index contributed by atoms with van der Waals surface area (Å²) in [5, 5.41) is 18.4. The van der Waals surface area contributed by atoms with Crippen LogP contribution in [0.4, 0.5) is 10.5 Å². The molecule has 0 radical (unpaired) electrons. The second kappa shape index (κ2) is 6.08. The number of amides is 2. The lowest BCUT2D eigenvalue weighted by Crippen LogP contribution is -2.26. The molecule has 2 amide bonds. The Hall–Kier alpha value is -1.88. The van der Waals surface area contributed by atoms with Crippen LogP contribution in [0.2, 0.25) is 0 Å². The second-order valence-corrected chi connectivity index (χ2v) is 6.26. The van der Waals surface area contributed by atoms with Gasteiger partial charge < -0.3 is 10.4 Å². The van der Waals surface area contributed by atoms with Gasteiger partial charge in [-0.05, 0) is 43.0 Å². The number of aryl methyl sites for hydroxylation is 1. The predicted octanol–water partition coefficient (Wildman–Crippen LogP) is 3.25. The molecule has 1 aromatic rings. The lowest BCUT2D eigenvalue weighted by Gasteiger charge is -2.24. The van der Waals surface area contributed by atoms with Gasteiger partial charge in [0, 0.05) is 18.5 Å². The summed E-state index contributed by atoms with van der Waals surface area (Å²) in [7, 11) is 1.68. The van der Waals surface area contributed by atoms with E-state index in [0.29, 0.717) is 5.92 Å². The number of nitrogens with zero attached hydrogens (tertiary/aromatic N) is 2. The summed E-state index contributed by atoms with van der Waals surface area (Å²) in [6.45, 7) is 1.95. The summed E-state index contributed by atoms with van der Waals surface area (Å²) in [4.78, 5) is 12.1. The number of hydrazone groups is 1. The van der Waals surface area contributed by atoms with Crippen LogP contribution in [0.1, 0.15) is 48.8 Å². The minimum atomic E-state index is -0.219. The molecule has 0 aromatic heterocycles. The summed E-state index contributed by atoms with van der Waals surface area (Å²) in [6.07, 6.45) is 5.93. The van der Waals surface area contributed by atoms with Crippen molar-refractivity contribution in [3.8, 4) is 0 Å². The van der Waals surface area contributed by atoms with E-state index in [9.17, 15) is 9.90 Å². The van der Waals surface area contributed by atoms with Gasteiger partial charge in [-0.3, -0.25) is 0 Å². The van der Waals surface area contributed by atoms with Gasteiger partial charge in [0.1, 0.15) is 0 Å². The highest BCUT2D eigenvalue weighted by molar-refractivity contribution is 6.11. The Bertz CT molecular complexity index is 619. The molecule has 0 unspecified atom stereocenters. The number of benzene rings is 1. The maximum atomic E-state index is 12.1. The first-order valence-electron chi connectivity index (χ1n) is 7.98. The van der Waals surface area contributed by atoms with Gasteiger partial charge in [-0.2, -0.15) is 5.10 Å². The summed E-state index contributed by atoms with van der Waals surface area (Å²) in [6, 6.07) is 3.71. The third-order valence-corrected chi connectivity index (χ3v) is 4.71. The van der Waals surface area contributed by atoms with Crippen LogP contribution < -0.4 is 5.32 Å². The molecule has 5 nitrogen and oxygen atoms in total. The lowest BCUT2D eigenvalue weighted by atomic mass is 9.82. The van der Waals surface area contributed by atoms with E-state index in [1.165, 1.54) is 24.3 Å². The van der Waals surface area contributed by atoms with Gasteiger partial charge in [-0.15, -0.1) is 0 Å². The van der Waals surface area contributed by atoms with Gasteiger partial charge in [0.2, 0.25) is 0 Å². The van der Waals surface area contributed by atoms with Crippen molar-refractivity contribution in [2.75, 3.05) is 12.4 Å². The number of hydrogen-bond acceptors (Lipinski definition) is 3. The molecule has 1 saturated carbocycles. The molecule has 3 rings (SSSR count). The molecule has 1 heterocycles. The van der Waals surface area contributed by atoms with Crippen LogP contribution in [0.25, 0.3) is 0 Å². The average Bonchev–Trinajstić information content (AvgIpc) is 2.64. The van der Waals surface area contributed by atoms with E-state index in [-0.39, 0.29) is 12.6 Å². The summed E-state index contributed by atoms with van der Waals surface area (Å²) in [5.74, 6) is 0.386. The largest absolute Gasteiger partial charge is 0.392 e. The Labute approximate surface area is 131 Å². The molecule has 1 fully saturated rings. The number of urea groups is 1. The van der Waals surface area contributed by atoms with Crippen molar-refractivity contribution in [2.24, 2.45) is 11.0 Å². The molecule has 22 heavy (non-hydrogen) atoms. The molecule has 0 atom stereocenters. The van der Waals surface area contributed by atoms with Crippen LogP contribution in [0.3, 0.4) is 0 Å². The summed E-state index contributed by atoms with van der Waals surface area (Å²) >= 11 is 0. The topological polar surface area (TPSA) is 64.9 Å². The zero-order chi connectivity index (χ0) is 15.7. The number of hydrogen-bond donors (Lipinski definition) is 2. The Balaban J connectivity index is 2.10. The zero-order valence-electron chi connectivity index (χ0n) is 13.2. The summed E-state index contributed by atoms with van der Waals surface area (Å²) in [5.41, 5.74) is 4.60. The van der Waals surface area contributed by atoms with Crippen molar-refractivity contribution in [1.82, 2.24) is 5.01 Å². The van der Waals surface area contributed by atoms with Crippen LogP contribution in [0.5, 0.6) is 0 Å². The van der Waals surface area contributed by atoms with Crippen molar-refractivity contribution in [1.29, 1.82) is 0 Å². The molecule has 0 bridgehead atoms. The molecule has 1 aliphatic carbocycles. The number of carbonyl (C=O) groups is 1. The van der Waals surface area contributed by atoms with Crippen LogP contribution in [0, 0.1) is 12.8 Å². The first-order valence-corrected chi connectivity index (χ1v) is 7.98. The minimum Gasteiger partial charge on any atom is -0.392 e. The van der Waals surface area contributed by atoms with E-state index < -0.39 is 0 Å². The number of rotatable bonds is 2. The van der Waals surface area contributed by atoms with Gasteiger partial charge in [0.15, 0.2) is 0 Å². The maximum absolute atomic E-state index is 12.1. The molecule has 0 saturated heterocycles. The van der Waals surface area contributed by atoms with Gasteiger partial charge >= 0.3 is 6.03 Å². The predicted molar refractivity (Wildman–Crippen MR) is 87.0 cm³/mol. The van der Waals surface area contributed by atoms with Crippen LogP contribution >= 0.6 is 0 Å². The summed E-state index contributed by atoms with van der Waals surface area (Å²) < 4.78 is 0. The maximum Gasteiger partial charge on any atom is 0.342 e. The van der Waals surface area contributed by atoms with E-state index in [1.54, 1.807) is 7.05 Å². The number of fused-ring (bicyclic) bond motifs is 1. The number of nitrogens with one attached hydrogen (secondary N) is 1. The van der Waals surface area contributed by atoms with Crippen molar-refractivity contribution >= 4 is 17.4 Å². The van der Waals surface area contributed by atoms with E-state index in [2.05, 4.69) is 10.4 Å². The van der Waals surface area contributed by atoms with Gasteiger partial charge in [-0.25, -0.2) is 9.80 Å². The molecular weight excluding hydrogens is 278 g/mol. The quantitative estimate of drug-likeness (QED) is 0.880. The third-order valence-electron chi connectivity index (χ3n) is 4.71. The van der Waals surface area contributed by atoms with Gasteiger partial charge in [0.05, 0.1) is 18.0 Å². The highest BCUT2D eigenvalue weighted by Crippen LogP contribution is 2.33. The fraction of sp³-hybridized carbons (Fsp3) is 0.529. The number of anilines is 1. The molecule has 2 N–H and O–H groups in total. The number of aliphatic hydroxyl groups is 1. The first kappa shape index (κ1) is 15.0. The third kappa shape index (κ3) is 2.73. The number of aliphatic hydroxyl groups excluding tert-OH is 1. The fourth-order valence-electron chi connectivity index (χ4n) is 3.37. The minimum absolute atomic E-state index is 0.000839. The van der Waals surface area contributed by atoms with E-state index in [0.717, 1.165) is 40.9 Å². The lowest BCUT2D eigenvalue weighted by molar-refractivity contribution is 0.224. The first-order chi connectivity index (χ1) is 10.6. The average molecular weight is 301 g/mol. The SMILES string of the molecule is Cc1cc2c(cc1CO)C(C1CCCCC1)=NN(C)C(=O)N2. The Kier molecular flexibility index (Phi) is 4.16. The normalized spacial score (nSPS) is 19.3. The van der Waals surface area contributed by atoms with Crippen LogP contribution in [0.15, 0.2) is 17.2 Å².